The van der Waals surface area contributed by atoms with Gasteiger partial charge >= 0.3 is 0 Å². The first-order valence-electron chi connectivity index (χ1n) is 7.51. The lowest BCUT2D eigenvalue weighted by Gasteiger charge is -1.97. The van der Waals surface area contributed by atoms with Crippen molar-refractivity contribution in [2.24, 2.45) is 5.10 Å². The van der Waals surface area contributed by atoms with Gasteiger partial charge in [0.2, 0.25) is 5.91 Å². The topological polar surface area (TPSA) is 74.5 Å². The molecule has 0 aliphatic carbocycles. The van der Waals surface area contributed by atoms with Crippen LogP contribution in [0, 0.1) is 6.92 Å². The molecule has 2 N–H and O–H groups in total. The zero-order valence-corrected chi connectivity index (χ0v) is 13.8. The second-order valence-electron chi connectivity index (χ2n) is 5.50. The highest BCUT2D eigenvalue weighted by Crippen LogP contribution is 2.19. The number of aryl methyl sites for hydroxylation is 1. The minimum atomic E-state index is -0.186. The van der Waals surface area contributed by atoms with Gasteiger partial charge in [0.1, 0.15) is 0 Å². The molecule has 3 aromatic heterocycles. The number of benzene rings is 1. The van der Waals surface area contributed by atoms with Gasteiger partial charge in [-0.2, -0.15) is 5.10 Å². The fourth-order valence-corrected chi connectivity index (χ4v) is 3.42. The maximum atomic E-state index is 12.0. The van der Waals surface area contributed by atoms with E-state index in [2.05, 4.69) is 20.5 Å². The van der Waals surface area contributed by atoms with Gasteiger partial charge in [-0.3, -0.25) is 9.20 Å². The van der Waals surface area contributed by atoms with E-state index in [9.17, 15) is 4.79 Å². The molecule has 0 atom stereocenters. The lowest BCUT2D eigenvalue weighted by atomic mass is 10.1. The quantitative estimate of drug-likeness (QED) is 0.444. The van der Waals surface area contributed by atoms with E-state index in [0.717, 1.165) is 32.8 Å². The van der Waals surface area contributed by atoms with Crippen LogP contribution in [0.4, 0.5) is 0 Å². The van der Waals surface area contributed by atoms with Crippen molar-refractivity contribution in [1.82, 2.24) is 19.8 Å². The number of imidazole rings is 1. The number of aromatic nitrogens is 3. The van der Waals surface area contributed by atoms with Crippen LogP contribution < -0.4 is 5.43 Å². The molecule has 0 saturated heterocycles. The van der Waals surface area contributed by atoms with Crippen molar-refractivity contribution in [2.75, 3.05) is 0 Å². The number of hydrazone groups is 1. The summed E-state index contributed by atoms with van der Waals surface area (Å²) >= 11 is 1.54. The lowest BCUT2D eigenvalue weighted by Crippen LogP contribution is -2.20. The fraction of sp³-hybridized carbons (Fsp3) is 0.118. The summed E-state index contributed by atoms with van der Waals surface area (Å²) < 4.78 is 1.91. The number of thiazole rings is 1. The molecule has 0 radical (unpaired) electrons. The van der Waals surface area contributed by atoms with E-state index in [1.165, 1.54) is 0 Å². The molecule has 0 aliphatic heterocycles. The summed E-state index contributed by atoms with van der Waals surface area (Å²) in [7, 11) is 0. The zero-order chi connectivity index (χ0) is 16.5. The number of carbonyl (C=O) groups is 1. The van der Waals surface area contributed by atoms with Gasteiger partial charge in [-0.1, -0.05) is 18.2 Å². The number of hydrogen-bond acceptors (Lipinski definition) is 4. The van der Waals surface area contributed by atoms with Crippen LogP contribution in [0.2, 0.25) is 0 Å². The predicted molar refractivity (Wildman–Crippen MR) is 95.5 cm³/mol. The number of amides is 1. The number of fused-ring (bicyclic) bond motifs is 2. The Bertz CT molecular complexity index is 1030. The number of H-pyrrole nitrogens is 1. The molecular weight excluding hydrogens is 322 g/mol. The molecule has 1 amide bonds. The molecule has 6 nitrogen and oxygen atoms in total. The van der Waals surface area contributed by atoms with Crippen LogP contribution in [0.15, 0.2) is 47.1 Å². The van der Waals surface area contributed by atoms with Crippen molar-refractivity contribution in [1.29, 1.82) is 0 Å². The Morgan fingerprint density at radius 1 is 1.46 bits per heavy atom. The molecule has 0 spiro atoms. The third-order valence-electron chi connectivity index (χ3n) is 3.81. The predicted octanol–water partition coefficient (Wildman–Crippen LogP) is 2.88. The molecule has 0 bridgehead atoms. The maximum Gasteiger partial charge on any atom is 0.246 e. The van der Waals surface area contributed by atoms with E-state index in [-0.39, 0.29) is 12.3 Å². The second-order valence-corrected chi connectivity index (χ2v) is 6.38. The molecule has 1 aromatic carbocycles. The normalized spacial score (nSPS) is 11.7. The Balaban J connectivity index is 1.45. The first-order valence-corrected chi connectivity index (χ1v) is 8.39. The largest absolute Gasteiger partial charge is 0.358 e. The Kier molecular flexibility index (Phi) is 3.62. The van der Waals surface area contributed by atoms with E-state index < -0.39 is 0 Å². The Morgan fingerprint density at radius 3 is 3.21 bits per heavy atom. The molecule has 7 heteroatoms. The van der Waals surface area contributed by atoms with Gasteiger partial charge in [-0.05, 0) is 13.0 Å². The number of nitrogens with one attached hydrogen (secondary N) is 2. The van der Waals surface area contributed by atoms with Gasteiger partial charge < -0.3 is 4.98 Å². The maximum absolute atomic E-state index is 12.0. The van der Waals surface area contributed by atoms with E-state index in [0.29, 0.717) is 0 Å². The Labute approximate surface area is 141 Å². The number of nitrogens with zero attached hydrogens (tertiary/aromatic N) is 3. The SMILES string of the molecule is Cc1[nH]c2ccccc2c1/C=N\NC(=O)Cc1cn2ccsc2n1. The highest BCUT2D eigenvalue weighted by Gasteiger charge is 2.08. The van der Waals surface area contributed by atoms with Crippen molar-refractivity contribution in [2.45, 2.75) is 13.3 Å². The van der Waals surface area contributed by atoms with E-state index >= 15 is 0 Å². The molecule has 0 saturated carbocycles. The van der Waals surface area contributed by atoms with Crippen LogP contribution >= 0.6 is 11.3 Å². The lowest BCUT2D eigenvalue weighted by molar-refractivity contribution is -0.120. The second kappa shape index (κ2) is 5.93. The zero-order valence-electron chi connectivity index (χ0n) is 13.0. The monoisotopic (exact) mass is 337 g/mol. The van der Waals surface area contributed by atoms with Crippen LogP contribution in [0.5, 0.6) is 0 Å². The van der Waals surface area contributed by atoms with Gasteiger partial charge in [0.15, 0.2) is 4.96 Å². The number of para-hydroxylation sites is 1. The average Bonchev–Trinajstić information content (AvgIpc) is 3.21. The molecule has 0 fully saturated rings. The summed E-state index contributed by atoms with van der Waals surface area (Å²) in [5, 5.41) is 7.13. The Hall–Kier alpha value is -2.93. The molecule has 24 heavy (non-hydrogen) atoms. The van der Waals surface area contributed by atoms with Crippen LogP contribution in [0.3, 0.4) is 0 Å². The van der Waals surface area contributed by atoms with Crippen molar-refractivity contribution in [3.8, 4) is 0 Å². The smallest absolute Gasteiger partial charge is 0.246 e. The average molecular weight is 337 g/mol. The van der Waals surface area contributed by atoms with Crippen LogP contribution in [0.25, 0.3) is 15.9 Å². The van der Waals surface area contributed by atoms with Crippen molar-refractivity contribution >= 4 is 39.3 Å². The minimum absolute atomic E-state index is 0.186. The highest BCUT2D eigenvalue weighted by atomic mass is 32.1. The van der Waals surface area contributed by atoms with Crippen LogP contribution in [-0.4, -0.2) is 26.5 Å². The van der Waals surface area contributed by atoms with E-state index in [1.54, 1.807) is 17.6 Å². The number of rotatable bonds is 4. The first kappa shape index (κ1) is 14.6. The van der Waals surface area contributed by atoms with Gasteiger partial charge in [-0.25, -0.2) is 10.4 Å². The number of hydrogen-bond donors (Lipinski definition) is 2. The standard InChI is InChI=1S/C17H15N5OS/c1-11-14(13-4-2-3-5-15(13)19-11)9-18-21-16(23)8-12-10-22-6-7-24-17(22)20-12/h2-7,9-10,19H,8H2,1H3,(H,21,23)/b18-9-. The number of carbonyl (C=O) groups excluding carboxylic acids is 1. The minimum Gasteiger partial charge on any atom is -0.358 e. The third kappa shape index (κ3) is 2.69. The van der Waals surface area contributed by atoms with Gasteiger partial charge in [-0.15, -0.1) is 11.3 Å². The summed E-state index contributed by atoms with van der Waals surface area (Å²) in [6.45, 7) is 1.99. The molecule has 120 valence electrons. The van der Waals surface area contributed by atoms with Crippen LogP contribution in [0.1, 0.15) is 17.0 Å². The first-order chi connectivity index (χ1) is 11.7. The van der Waals surface area contributed by atoms with Crippen molar-refractivity contribution < 1.29 is 4.79 Å². The fourth-order valence-electron chi connectivity index (χ4n) is 2.70. The summed E-state index contributed by atoms with van der Waals surface area (Å²) in [5.74, 6) is -0.186. The summed E-state index contributed by atoms with van der Waals surface area (Å²) in [6.07, 6.45) is 5.67. The molecule has 0 aliphatic rings. The molecule has 4 rings (SSSR count). The van der Waals surface area contributed by atoms with Crippen LogP contribution in [-0.2, 0) is 11.2 Å². The Morgan fingerprint density at radius 2 is 2.33 bits per heavy atom. The summed E-state index contributed by atoms with van der Waals surface area (Å²) in [4.78, 5) is 20.6. The summed E-state index contributed by atoms with van der Waals surface area (Å²) in [6, 6.07) is 8.01. The van der Waals surface area contributed by atoms with Crippen molar-refractivity contribution in [3.63, 3.8) is 0 Å². The molecular formula is C17H15N5OS. The molecule has 3 heterocycles. The van der Waals surface area contributed by atoms with Gasteiger partial charge in [0.05, 0.1) is 18.3 Å². The number of aromatic amines is 1. The van der Waals surface area contributed by atoms with Gasteiger partial charge in [0, 0.05) is 39.9 Å². The third-order valence-corrected chi connectivity index (χ3v) is 4.58. The highest BCUT2D eigenvalue weighted by molar-refractivity contribution is 7.15. The summed E-state index contributed by atoms with van der Waals surface area (Å²) in [5.41, 5.74) is 6.36. The van der Waals surface area contributed by atoms with E-state index in [4.69, 9.17) is 0 Å². The van der Waals surface area contributed by atoms with Gasteiger partial charge in [0.25, 0.3) is 0 Å². The molecule has 0 unspecified atom stereocenters. The van der Waals surface area contributed by atoms with E-state index in [1.807, 2.05) is 53.4 Å². The van der Waals surface area contributed by atoms with Crippen molar-refractivity contribution in [3.05, 3.63) is 59.0 Å². The molecule has 4 aromatic rings.